The van der Waals surface area contributed by atoms with Crippen molar-refractivity contribution >= 4 is 23.3 Å². The molecule has 3 N–H and O–H groups in total. The summed E-state index contributed by atoms with van der Waals surface area (Å²) in [7, 11) is 0. The Morgan fingerprint density at radius 1 is 1.05 bits per heavy atom. The smallest absolute Gasteiger partial charge is 0.303 e. The zero-order chi connectivity index (χ0) is 30.4. The van der Waals surface area contributed by atoms with E-state index in [-0.39, 0.29) is 36.2 Å². The lowest BCUT2D eigenvalue weighted by molar-refractivity contribution is -0.183. The first kappa shape index (κ1) is 30.8. The molecule has 9 atom stereocenters. The minimum absolute atomic E-state index is 0.0284. The van der Waals surface area contributed by atoms with Gasteiger partial charge in [0, 0.05) is 30.1 Å². The number of hydrogen-bond acceptors (Lipinski definition) is 8. The second kappa shape index (κ2) is 9.17. The molecule has 3 fully saturated rings. The van der Waals surface area contributed by atoms with Crippen molar-refractivity contribution in [1.82, 2.24) is 0 Å². The minimum atomic E-state index is -1.99. The summed E-state index contributed by atoms with van der Waals surface area (Å²) in [4.78, 5) is 52.1. The van der Waals surface area contributed by atoms with Gasteiger partial charge in [-0.1, -0.05) is 32.4 Å². The Hall–Kier alpha value is -2.16. The second-order valence-electron chi connectivity index (χ2n) is 14.8. The van der Waals surface area contributed by atoms with Crippen LogP contribution in [0, 0.1) is 39.4 Å². The van der Waals surface area contributed by atoms with Crippen LogP contribution in [0.15, 0.2) is 23.8 Å². The first-order chi connectivity index (χ1) is 18.1. The number of carbonyl (C=O) groups is 4. The van der Waals surface area contributed by atoms with Gasteiger partial charge in [0.05, 0.1) is 6.10 Å². The lowest BCUT2D eigenvalue weighted by Crippen LogP contribution is -2.65. The average Bonchev–Trinajstić information content (AvgIpc) is 3.01. The molecule has 8 nitrogen and oxygen atoms in total. The van der Waals surface area contributed by atoms with Crippen molar-refractivity contribution in [2.24, 2.45) is 39.4 Å². The van der Waals surface area contributed by atoms with E-state index in [0.717, 1.165) is 5.57 Å². The van der Waals surface area contributed by atoms with Crippen molar-refractivity contribution in [2.45, 2.75) is 111 Å². The van der Waals surface area contributed by atoms with Gasteiger partial charge in [0.2, 0.25) is 0 Å². The molecule has 4 aliphatic rings. The highest BCUT2D eigenvalue weighted by Gasteiger charge is 2.74. The number of rotatable bonds is 5. The number of fused-ring (bicyclic) bond motifs is 5. The van der Waals surface area contributed by atoms with Crippen LogP contribution in [0.25, 0.3) is 0 Å². The third-order valence-corrected chi connectivity index (χ3v) is 11.5. The van der Waals surface area contributed by atoms with Gasteiger partial charge in [-0.05, 0) is 88.7 Å². The van der Waals surface area contributed by atoms with Crippen LogP contribution in [0.5, 0.6) is 0 Å². The van der Waals surface area contributed by atoms with E-state index in [1.807, 2.05) is 27.7 Å². The van der Waals surface area contributed by atoms with Crippen molar-refractivity contribution in [3.8, 4) is 0 Å². The van der Waals surface area contributed by atoms with Gasteiger partial charge in [-0.2, -0.15) is 0 Å². The molecule has 3 saturated carbocycles. The van der Waals surface area contributed by atoms with Crippen LogP contribution in [0.2, 0.25) is 0 Å². The van der Waals surface area contributed by atoms with Gasteiger partial charge in [-0.15, -0.1) is 0 Å². The zero-order valence-corrected chi connectivity index (χ0v) is 25.3. The van der Waals surface area contributed by atoms with Gasteiger partial charge in [0.1, 0.15) is 23.1 Å². The molecule has 0 amide bonds. The molecular formula is C32H46O8. The van der Waals surface area contributed by atoms with Crippen LogP contribution < -0.4 is 0 Å². The van der Waals surface area contributed by atoms with Crippen LogP contribution in [-0.2, 0) is 23.9 Å². The normalized spacial score (nSPS) is 42.4. The monoisotopic (exact) mass is 558 g/mol. The van der Waals surface area contributed by atoms with E-state index >= 15 is 0 Å². The lowest BCUT2D eigenvalue weighted by Gasteiger charge is -2.64. The van der Waals surface area contributed by atoms with Crippen molar-refractivity contribution < 1.29 is 39.2 Å². The summed E-state index contributed by atoms with van der Waals surface area (Å²) in [6.45, 7) is 15.4. The Morgan fingerprint density at radius 2 is 1.65 bits per heavy atom. The van der Waals surface area contributed by atoms with Gasteiger partial charge in [-0.3, -0.25) is 19.2 Å². The Bertz CT molecular complexity index is 1210. The summed E-state index contributed by atoms with van der Waals surface area (Å²) < 4.78 is 5.23. The van der Waals surface area contributed by atoms with Crippen LogP contribution in [0.4, 0.5) is 0 Å². The number of ketones is 3. The maximum Gasteiger partial charge on any atom is 0.303 e. The Balaban J connectivity index is 1.75. The molecular weight excluding hydrogens is 512 g/mol. The van der Waals surface area contributed by atoms with Gasteiger partial charge < -0.3 is 20.1 Å². The van der Waals surface area contributed by atoms with E-state index in [1.165, 1.54) is 26.0 Å². The fraction of sp³-hybridized carbons (Fsp3) is 0.750. The van der Waals surface area contributed by atoms with Gasteiger partial charge >= 0.3 is 5.97 Å². The summed E-state index contributed by atoms with van der Waals surface area (Å²) in [5, 5.41) is 34.0. The van der Waals surface area contributed by atoms with Crippen LogP contribution >= 0.6 is 0 Å². The SMILES string of the molecule is CC(=O)OC(C)(C)/C=C/C(=O)C(C)(O)C1C(O)CC2(C)[C@@H]3CC=C4C(C[C@H](O)C(=O)C4(C)C)[C@]3(C)C(=O)C[C@]12C. The first-order valence-electron chi connectivity index (χ1n) is 14.4. The number of allylic oxidation sites excluding steroid dienone is 2. The Kier molecular flexibility index (Phi) is 7.06. The summed E-state index contributed by atoms with van der Waals surface area (Å²) in [6, 6.07) is 0. The summed E-state index contributed by atoms with van der Waals surface area (Å²) in [6.07, 6.45) is 3.55. The third-order valence-electron chi connectivity index (χ3n) is 11.5. The molecule has 40 heavy (non-hydrogen) atoms. The van der Waals surface area contributed by atoms with Crippen molar-refractivity contribution in [3.05, 3.63) is 23.8 Å². The number of hydrogen-bond donors (Lipinski definition) is 3. The standard InChI is InChI=1S/C32H46O8/c1-17(33)40-27(2,3)13-12-23(36)32(9,39)25-21(35)15-29(6)22-11-10-18-19(14-20(34)26(38)28(18,4)5)31(22,8)24(37)16-30(25,29)7/h10,12-13,19-22,25,34-35,39H,11,14-16H2,1-9H3/b13-12+/t19?,20-,21?,22-,25?,29?,30+,31-,32?/m0/s1. The van der Waals surface area contributed by atoms with E-state index in [2.05, 4.69) is 13.0 Å². The van der Waals surface area contributed by atoms with E-state index in [1.54, 1.807) is 13.8 Å². The molecule has 4 rings (SSSR count). The largest absolute Gasteiger partial charge is 0.456 e. The van der Waals surface area contributed by atoms with Crippen LogP contribution in [-0.4, -0.2) is 62.0 Å². The molecule has 0 spiro atoms. The average molecular weight is 559 g/mol. The number of aliphatic hydroxyl groups is 3. The number of esters is 1. The molecule has 5 unspecified atom stereocenters. The predicted octanol–water partition coefficient (Wildman–Crippen LogP) is 3.50. The topological polar surface area (TPSA) is 138 Å². The van der Waals surface area contributed by atoms with Crippen molar-refractivity contribution in [1.29, 1.82) is 0 Å². The fourth-order valence-corrected chi connectivity index (χ4v) is 9.40. The Labute approximate surface area is 237 Å². The van der Waals surface area contributed by atoms with Crippen LogP contribution in [0.3, 0.4) is 0 Å². The highest BCUT2D eigenvalue weighted by atomic mass is 16.6. The molecule has 0 aromatic rings. The van der Waals surface area contributed by atoms with E-state index in [9.17, 15) is 34.5 Å². The highest BCUT2D eigenvalue weighted by Crippen LogP contribution is 2.74. The lowest BCUT2D eigenvalue weighted by atomic mass is 9.38. The van der Waals surface area contributed by atoms with Crippen LogP contribution in [0.1, 0.15) is 88.0 Å². The molecule has 0 aromatic carbocycles. The van der Waals surface area contributed by atoms with Crippen molar-refractivity contribution in [2.75, 3.05) is 0 Å². The van der Waals surface area contributed by atoms with E-state index in [4.69, 9.17) is 4.74 Å². The van der Waals surface area contributed by atoms with Crippen molar-refractivity contribution in [3.63, 3.8) is 0 Å². The molecule has 0 heterocycles. The third kappa shape index (κ3) is 4.11. The first-order valence-corrected chi connectivity index (χ1v) is 14.4. The summed E-state index contributed by atoms with van der Waals surface area (Å²) in [5.74, 6) is -2.85. The van der Waals surface area contributed by atoms with Gasteiger partial charge in [0.15, 0.2) is 11.6 Å². The second-order valence-corrected chi connectivity index (χ2v) is 14.8. The van der Waals surface area contributed by atoms with Gasteiger partial charge in [0.25, 0.3) is 0 Å². The molecule has 0 saturated heterocycles. The predicted molar refractivity (Wildman–Crippen MR) is 148 cm³/mol. The quantitative estimate of drug-likeness (QED) is 0.265. The maximum absolute atomic E-state index is 14.3. The molecule has 0 bridgehead atoms. The maximum atomic E-state index is 14.3. The Morgan fingerprint density at radius 3 is 2.23 bits per heavy atom. The molecule has 0 aromatic heterocycles. The van der Waals surface area contributed by atoms with E-state index in [0.29, 0.717) is 12.8 Å². The van der Waals surface area contributed by atoms with Gasteiger partial charge in [-0.25, -0.2) is 0 Å². The van der Waals surface area contributed by atoms with E-state index < -0.39 is 62.7 Å². The highest BCUT2D eigenvalue weighted by molar-refractivity contribution is 5.98. The minimum Gasteiger partial charge on any atom is -0.456 e. The fourth-order valence-electron chi connectivity index (χ4n) is 9.40. The summed E-state index contributed by atoms with van der Waals surface area (Å²) >= 11 is 0. The molecule has 222 valence electrons. The molecule has 0 aliphatic heterocycles. The number of Topliss-reactive ketones (excluding diaryl/α,β-unsaturated/α-hetero) is 2. The molecule has 8 heteroatoms. The summed E-state index contributed by atoms with van der Waals surface area (Å²) in [5.41, 5.74) is -5.43. The molecule has 4 aliphatic carbocycles. The zero-order valence-electron chi connectivity index (χ0n) is 25.3. The number of carbonyl (C=O) groups excluding carboxylic acids is 4. The number of ether oxygens (including phenoxy) is 1. The number of aliphatic hydroxyl groups excluding tert-OH is 2. The molecule has 0 radical (unpaired) electrons.